The third-order valence-electron chi connectivity index (χ3n) is 8.67. The molecular formula is C28H39ClN2O3S. The fraction of sp³-hybridized carbons (Fsp3) is 0.679. The number of hydrogen-bond acceptors (Lipinski definition) is 4. The van der Waals surface area contributed by atoms with Crippen molar-refractivity contribution in [3.05, 3.63) is 34.9 Å². The van der Waals surface area contributed by atoms with E-state index in [0.29, 0.717) is 23.2 Å². The number of benzene rings is 1. The topological polar surface area (TPSA) is 66.5 Å². The number of carbonyl (C=O) groups is 3. The van der Waals surface area contributed by atoms with E-state index in [4.69, 9.17) is 11.6 Å². The summed E-state index contributed by atoms with van der Waals surface area (Å²) in [5, 5.41) is 4.53. The summed E-state index contributed by atoms with van der Waals surface area (Å²) in [5.74, 6) is 0.924. The summed E-state index contributed by atoms with van der Waals surface area (Å²) in [6, 6.07) is 7.81. The average Bonchev–Trinajstić information content (AvgIpc) is 2.83. The number of nitrogens with one attached hydrogen (secondary N) is 1. The molecule has 0 radical (unpaired) electrons. The molecule has 5 nitrogen and oxygen atoms in total. The SMILES string of the molecule is CC(C)SCCN1C(=O)[C@@](C)(CC(=O)NC23CCC(C=O)(CC2)CC3)CCC1c1ccc(Cl)cc1. The monoisotopic (exact) mass is 518 g/mol. The van der Waals surface area contributed by atoms with E-state index in [1.165, 1.54) is 0 Å². The number of nitrogens with zero attached hydrogens (tertiary/aromatic N) is 1. The fourth-order valence-electron chi connectivity index (χ4n) is 6.32. The minimum Gasteiger partial charge on any atom is -0.351 e. The maximum atomic E-state index is 13.9. The standard InChI is InChI=1S/C28H39ClN2O3S/c1-20(2)35-17-16-31-23(21-4-6-22(29)7-5-21)8-9-26(3,25(31)34)18-24(33)30-28-13-10-27(19-32,11-14-28)12-15-28/h4-7,19-20,23H,8-18H2,1-3H3,(H,30,33)/t23?,26-,27?,28?/m1/s1. The molecule has 3 aliphatic carbocycles. The molecule has 35 heavy (non-hydrogen) atoms. The van der Waals surface area contributed by atoms with Crippen LogP contribution < -0.4 is 5.32 Å². The first-order valence-corrected chi connectivity index (χ1v) is 14.5. The first kappa shape index (κ1) is 26.5. The van der Waals surface area contributed by atoms with Crippen LogP contribution in [0.5, 0.6) is 0 Å². The quantitative estimate of drug-likeness (QED) is 0.410. The second-order valence-corrected chi connectivity index (χ2v) is 13.7. The molecule has 4 fully saturated rings. The van der Waals surface area contributed by atoms with Gasteiger partial charge in [-0.3, -0.25) is 9.59 Å². The fourth-order valence-corrected chi connectivity index (χ4v) is 7.22. The highest BCUT2D eigenvalue weighted by molar-refractivity contribution is 7.99. The van der Waals surface area contributed by atoms with Gasteiger partial charge in [-0.15, -0.1) is 0 Å². The van der Waals surface area contributed by atoms with Crippen LogP contribution in [-0.2, 0) is 14.4 Å². The largest absolute Gasteiger partial charge is 0.351 e. The lowest BCUT2D eigenvalue weighted by atomic mass is 9.58. The number of thioether (sulfide) groups is 1. The van der Waals surface area contributed by atoms with E-state index in [1.807, 2.05) is 47.9 Å². The van der Waals surface area contributed by atoms with Gasteiger partial charge in [0, 0.05) is 34.7 Å². The van der Waals surface area contributed by atoms with E-state index in [0.717, 1.165) is 62.5 Å². The second-order valence-electron chi connectivity index (χ2n) is 11.6. The number of likely N-dealkylation sites (tertiary alicyclic amines) is 1. The molecule has 1 saturated heterocycles. The Bertz CT molecular complexity index is 925. The van der Waals surface area contributed by atoms with Crippen LogP contribution in [0.25, 0.3) is 0 Å². The van der Waals surface area contributed by atoms with Crippen molar-refractivity contribution in [2.45, 2.75) is 95.4 Å². The molecule has 3 saturated carbocycles. The molecular weight excluding hydrogens is 480 g/mol. The number of piperidine rings is 1. The smallest absolute Gasteiger partial charge is 0.229 e. The molecule has 7 heteroatoms. The van der Waals surface area contributed by atoms with Crippen LogP contribution >= 0.6 is 23.4 Å². The molecule has 1 N–H and O–H groups in total. The lowest BCUT2D eigenvalue weighted by molar-refractivity contribution is -0.152. The van der Waals surface area contributed by atoms with E-state index < -0.39 is 5.41 Å². The molecule has 4 aliphatic rings. The van der Waals surface area contributed by atoms with Crippen molar-refractivity contribution in [3.8, 4) is 0 Å². The summed E-state index contributed by atoms with van der Waals surface area (Å²) in [6.07, 6.45) is 8.03. The summed E-state index contributed by atoms with van der Waals surface area (Å²) in [5.41, 5.74) is 0.0335. The van der Waals surface area contributed by atoms with Crippen LogP contribution in [0, 0.1) is 10.8 Å². The van der Waals surface area contributed by atoms with Crippen LogP contribution in [0.4, 0.5) is 0 Å². The highest BCUT2D eigenvalue weighted by Gasteiger charge is 2.50. The molecule has 0 aromatic heterocycles. The Hall–Kier alpha value is -1.53. The molecule has 0 spiro atoms. The van der Waals surface area contributed by atoms with Crippen molar-refractivity contribution in [2.75, 3.05) is 12.3 Å². The third kappa shape index (κ3) is 5.74. The van der Waals surface area contributed by atoms with Gasteiger partial charge in [0.2, 0.25) is 11.8 Å². The van der Waals surface area contributed by atoms with Crippen LogP contribution in [0.3, 0.4) is 0 Å². The van der Waals surface area contributed by atoms with Crippen molar-refractivity contribution in [2.24, 2.45) is 10.8 Å². The summed E-state index contributed by atoms with van der Waals surface area (Å²) < 4.78 is 0. The van der Waals surface area contributed by atoms with Gasteiger partial charge in [0.15, 0.2) is 0 Å². The minimum absolute atomic E-state index is 0.00964. The molecule has 2 bridgehead atoms. The molecule has 1 aromatic carbocycles. The first-order chi connectivity index (χ1) is 16.6. The number of carbonyl (C=O) groups excluding carboxylic acids is 3. The van der Waals surface area contributed by atoms with Gasteiger partial charge in [-0.2, -0.15) is 11.8 Å². The average molecular weight is 519 g/mol. The predicted octanol–water partition coefficient (Wildman–Crippen LogP) is 5.95. The molecule has 2 amide bonds. The van der Waals surface area contributed by atoms with Crippen molar-refractivity contribution >= 4 is 41.5 Å². The maximum Gasteiger partial charge on any atom is 0.229 e. The lowest BCUT2D eigenvalue weighted by Crippen LogP contribution is -2.58. The molecule has 2 atom stereocenters. The van der Waals surface area contributed by atoms with Crippen molar-refractivity contribution < 1.29 is 14.4 Å². The zero-order chi connectivity index (χ0) is 25.3. The van der Waals surface area contributed by atoms with Crippen LogP contribution in [-0.4, -0.2) is 46.1 Å². The third-order valence-corrected chi connectivity index (χ3v) is 10.0. The van der Waals surface area contributed by atoms with Crippen LogP contribution in [0.15, 0.2) is 24.3 Å². The van der Waals surface area contributed by atoms with Crippen molar-refractivity contribution in [3.63, 3.8) is 0 Å². The van der Waals surface area contributed by atoms with Gasteiger partial charge >= 0.3 is 0 Å². The number of halogens is 1. The van der Waals surface area contributed by atoms with E-state index in [1.54, 1.807) is 0 Å². The molecule has 192 valence electrons. The van der Waals surface area contributed by atoms with Gasteiger partial charge in [0.05, 0.1) is 11.5 Å². The number of aldehydes is 1. The lowest BCUT2D eigenvalue weighted by Gasteiger charge is -2.51. The van der Waals surface area contributed by atoms with Gasteiger partial charge < -0.3 is 15.0 Å². The Labute approximate surface area is 219 Å². The Kier molecular flexibility index (Phi) is 7.92. The van der Waals surface area contributed by atoms with Gasteiger partial charge in [0.1, 0.15) is 6.29 Å². The normalized spacial score (nSPS) is 32.7. The zero-order valence-electron chi connectivity index (χ0n) is 21.3. The summed E-state index contributed by atoms with van der Waals surface area (Å²) in [6.45, 7) is 6.97. The van der Waals surface area contributed by atoms with Gasteiger partial charge in [-0.25, -0.2) is 0 Å². The molecule has 1 heterocycles. The second kappa shape index (κ2) is 10.5. The van der Waals surface area contributed by atoms with Gasteiger partial charge in [-0.1, -0.05) is 44.5 Å². The number of fused-ring (bicyclic) bond motifs is 3. The highest BCUT2D eigenvalue weighted by atomic mass is 35.5. The minimum atomic E-state index is -0.706. The molecule has 1 unspecified atom stereocenters. The Morgan fingerprint density at radius 3 is 2.34 bits per heavy atom. The number of rotatable bonds is 9. The maximum absolute atomic E-state index is 13.9. The Morgan fingerprint density at radius 1 is 1.14 bits per heavy atom. The molecule has 5 rings (SSSR count). The predicted molar refractivity (Wildman–Crippen MR) is 143 cm³/mol. The summed E-state index contributed by atoms with van der Waals surface area (Å²) in [7, 11) is 0. The van der Waals surface area contributed by atoms with E-state index in [9.17, 15) is 14.4 Å². The molecule has 1 aromatic rings. The Morgan fingerprint density at radius 2 is 1.77 bits per heavy atom. The van der Waals surface area contributed by atoms with Crippen LogP contribution in [0.1, 0.15) is 90.2 Å². The van der Waals surface area contributed by atoms with Gasteiger partial charge in [0.25, 0.3) is 0 Å². The zero-order valence-corrected chi connectivity index (χ0v) is 22.9. The summed E-state index contributed by atoms with van der Waals surface area (Å²) in [4.78, 5) is 40.8. The number of hydrogen-bond donors (Lipinski definition) is 1. The van der Waals surface area contributed by atoms with Crippen LogP contribution in [0.2, 0.25) is 5.02 Å². The van der Waals surface area contributed by atoms with Gasteiger partial charge in [-0.05, 0) is 74.3 Å². The summed E-state index contributed by atoms with van der Waals surface area (Å²) >= 11 is 7.97. The van der Waals surface area contributed by atoms with E-state index in [-0.39, 0.29) is 35.2 Å². The first-order valence-electron chi connectivity index (χ1n) is 13.0. The highest BCUT2D eigenvalue weighted by Crippen LogP contribution is 2.51. The molecule has 1 aliphatic heterocycles. The van der Waals surface area contributed by atoms with Crippen molar-refractivity contribution in [1.82, 2.24) is 10.2 Å². The van der Waals surface area contributed by atoms with E-state index in [2.05, 4.69) is 19.2 Å². The number of amides is 2. The Balaban J connectivity index is 1.45. The van der Waals surface area contributed by atoms with E-state index >= 15 is 0 Å². The van der Waals surface area contributed by atoms with Crippen molar-refractivity contribution in [1.29, 1.82) is 0 Å².